The van der Waals surface area contributed by atoms with Crippen molar-refractivity contribution in [2.75, 3.05) is 13.1 Å². The third-order valence-corrected chi connectivity index (χ3v) is 2.79. The standard InChI is InChI=1S/C12H13N3O5/c1-2-14-10(17)11(18)15(12(14)19)7-9(16)13-6-8-4-3-5-20-8/h3-5H,2,6-7H2,1H3,(H,13,16). The van der Waals surface area contributed by atoms with Crippen LogP contribution in [0.3, 0.4) is 0 Å². The minimum atomic E-state index is -0.981. The van der Waals surface area contributed by atoms with E-state index in [2.05, 4.69) is 5.32 Å². The Hall–Kier alpha value is -2.64. The topological polar surface area (TPSA) is 99.9 Å². The lowest BCUT2D eigenvalue weighted by Gasteiger charge is -2.13. The van der Waals surface area contributed by atoms with Gasteiger partial charge in [-0.2, -0.15) is 0 Å². The van der Waals surface area contributed by atoms with Crippen molar-refractivity contribution < 1.29 is 23.6 Å². The Bertz CT molecular complexity index is 551. The number of hydrogen-bond donors (Lipinski definition) is 1. The Labute approximate surface area is 114 Å². The molecule has 2 heterocycles. The normalized spacial score (nSPS) is 15.2. The maximum atomic E-state index is 11.7. The van der Waals surface area contributed by atoms with Crippen molar-refractivity contribution in [1.82, 2.24) is 15.1 Å². The minimum absolute atomic E-state index is 0.0912. The number of urea groups is 1. The summed E-state index contributed by atoms with van der Waals surface area (Å²) in [6, 6.07) is 2.58. The lowest BCUT2D eigenvalue weighted by molar-refractivity contribution is -0.143. The molecule has 1 saturated heterocycles. The molecule has 1 N–H and O–H groups in total. The fourth-order valence-corrected chi connectivity index (χ4v) is 1.77. The van der Waals surface area contributed by atoms with Gasteiger partial charge in [0.25, 0.3) is 0 Å². The Morgan fingerprint density at radius 1 is 1.25 bits per heavy atom. The number of nitrogens with zero attached hydrogens (tertiary/aromatic N) is 2. The molecular formula is C12H13N3O5. The summed E-state index contributed by atoms with van der Waals surface area (Å²) in [4.78, 5) is 47.8. The first-order valence-electron chi connectivity index (χ1n) is 6.01. The summed E-state index contributed by atoms with van der Waals surface area (Å²) < 4.78 is 5.02. The van der Waals surface area contributed by atoms with E-state index < -0.39 is 30.3 Å². The van der Waals surface area contributed by atoms with Gasteiger partial charge in [0.2, 0.25) is 5.91 Å². The van der Waals surface area contributed by atoms with Crippen LogP contribution in [0.2, 0.25) is 0 Å². The molecule has 8 nitrogen and oxygen atoms in total. The highest BCUT2D eigenvalue weighted by atomic mass is 16.3. The third kappa shape index (κ3) is 2.53. The average Bonchev–Trinajstić information content (AvgIpc) is 3.01. The van der Waals surface area contributed by atoms with Crippen LogP contribution in [0, 0.1) is 0 Å². The molecule has 0 atom stereocenters. The van der Waals surface area contributed by atoms with Gasteiger partial charge in [0, 0.05) is 6.54 Å². The van der Waals surface area contributed by atoms with Gasteiger partial charge in [-0.25, -0.2) is 9.69 Å². The maximum absolute atomic E-state index is 11.7. The summed E-state index contributed by atoms with van der Waals surface area (Å²) in [5.41, 5.74) is 0. The van der Waals surface area contributed by atoms with E-state index >= 15 is 0 Å². The molecule has 1 aliphatic rings. The second-order valence-corrected chi connectivity index (χ2v) is 4.08. The zero-order valence-corrected chi connectivity index (χ0v) is 10.8. The molecule has 0 radical (unpaired) electrons. The number of hydrogen-bond acceptors (Lipinski definition) is 5. The van der Waals surface area contributed by atoms with E-state index in [1.165, 1.54) is 6.26 Å². The number of carbonyl (C=O) groups is 4. The van der Waals surface area contributed by atoms with E-state index in [1.54, 1.807) is 19.1 Å². The lowest BCUT2D eigenvalue weighted by Crippen LogP contribution is -2.41. The van der Waals surface area contributed by atoms with Gasteiger partial charge in [-0.1, -0.05) is 0 Å². The highest BCUT2D eigenvalue weighted by Crippen LogP contribution is 2.11. The van der Waals surface area contributed by atoms with Crippen molar-refractivity contribution in [3.8, 4) is 0 Å². The van der Waals surface area contributed by atoms with E-state index in [4.69, 9.17) is 4.42 Å². The first-order chi connectivity index (χ1) is 9.54. The van der Waals surface area contributed by atoms with Crippen molar-refractivity contribution in [3.63, 3.8) is 0 Å². The van der Waals surface area contributed by atoms with Gasteiger partial charge in [-0.15, -0.1) is 0 Å². The van der Waals surface area contributed by atoms with Gasteiger partial charge in [-0.3, -0.25) is 19.3 Å². The van der Waals surface area contributed by atoms with Crippen molar-refractivity contribution in [2.45, 2.75) is 13.5 Å². The molecule has 0 bridgehead atoms. The molecule has 20 heavy (non-hydrogen) atoms. The Kier molecular flexibility index (Phi) is 3.83. The minimum Gasteiger partial charge on any atom is -0.467 e. The molecule has 0 spiro atoms. The van der Waals surface area contributed by atoms with Gasteiger partial charge in [-0.05, 0) is 19.1 Å². The fraction of sp³-hybridized carbons (Fsp3) is 0.333. The van der Waals surface area contributed by atoms with Crippen LogP contribution >= 0.6 is 0 Å². The molecule has 1 aliphatic heterocycles. The highest BCUT2D eigenvalue weighted by molar-refractivity contribution is 6.45. The molecule has 5 amide bonds. The van der Waals surface area contributed by atoms with Crippen molar-refractivity contribution >= 4 is 23.8 Å². The SMILES string of the molecule is CCN1C(=O)C(=O)N(CC(=O)NCc2ccco2)C1=O. The molecule has 0 unspecified atom stereocenters. The van der Waals surface area contributed by atoms with Crippen LogP contribution in [0.15, 0.2) is 22.8 Å². The summed E-state index contributed by atoms with van der Waals surface area (Å²) in [7, 11) is 0. The summed E-state index contributed by atoms with van der Waals surface area (Å²) in [6.45, 7) is 1.32. The zero-order chi connectivity index (χ0) is 14.7. The van der Waals surface area contributed by atoms with E-state index in [-0.39, 0.29) is 13.1 Å². The van der Waals surface area contributed by atoms with E-state index in [9.17, 15) is 19.2 Å². The van der Waals surface area contributed by atoms with Crippen LogP contribution in [0.5, 0.6) is 0 Å². The molecule has 0 saturated carbocycles. The molecular weight excluding hydrogens is 266 g/mol. The van der Waals surface area contributed by atoms with E-state index in [0.717, 1.165) is 4.90 Å². The molecule has 0 aromatic carbocycles. The van der Waals surface area contributed by atoms with Crippen LogP contribution in [0.1, 0.15) is 12.7 Å². The number of carbonyl (C=O) groups excluding carboxylic acids is 4. The maximum Gasteiger partial charge on any atom is 0.334 e. The average molecular weight is 279 g/mol. The van der Waals surface area contributed by atoms with Gasteiger partial charge in [0.1, 0.15) is 12.3 Å². The largest absolute Gasteiger partial charge is 0.467 e. The van der Waals surface area contributed by atoms with E-state index in [1.807, 2.05) is 0 Å². The van der Waals surface area contributed by atoms with Crippen molar-refractivity contribution in [1.29, 1.82) is 0 Å². The molecule has 106 valence electrons. The van der Waals surface area contributed by atoms with Crippen LogP contribution in [-0.4, -0.2) is 46.6 Å². The van der Waals surface area contributed by atoms with Crippen molar-refractivity contribution in [3.05, 3.63) is 24.2 Å². The third-order valence-electron chi connectivity index (χ3n) is 2.79. The number of nitrogens with one attached hydrogen (secondary N) is 1. The molecule has 2 rings (SSSR count). The van der Waals surface area contributed by atoms with Gasteiger partial charge < -0.3 is 9.73 Å². The molecule has 8 heteroatoms. The zero-order valence-electron chi connectivity index (χ0n) is 10.8. The predicted octanol–water partition coefficient (Wildman–Crippen LogP) is -0.293. The van der Waals surface area contributed by atoms with Gasteiger partial charge in [0.05, 0.1) is 12.8 Å². The highest BCUT2D eigenvalue weighted by Gasteiger charge is 2.44. The number of rotatable bonds is 5. The smallest absolute Gasteiger partial charge is 0.334 e. The predicted molar refractivity (Wildman–Crippen MR) is 65.1 cm³/mol. The number of likely N-dealkylation sites (N-methyl/N-ethyl adjacent to an activating group) is 1. The van der Waals surface area contributed by atoms with Crippen LogP contribution in [0.4, 0.5) is 4.79 Å². The second-order valence-electron chi connectivity index (χ2n) is 4.08. The lowest BCUT2D eigenvalue weighted by atomic mass is 10.4. The molecule has 1 aromatic rings. The summed E-state index contributed by atoms with van der Waals surface area (Å²) >= 11 is 0. The second kappa shape index (κ2) is 5.55. The van der Waals surface area contributed by atoms with Crippen LogP contribution in [0.25, 0.3) is 0 Å². The van der Waals surface area contributed by atoms with Gasteiger partial charge >= 0.3 is 17.8 Å². The Morgan fingerprint density at radius 2 is 1.95 bits per heavy atom. The Balaban J connectivity index is 1.92. The first-order valence-corrected chi connectivity index (χ1v) is 6.01. The number of furan rings is 1. The quantitative estimate of drug-likeness (QED) is 0.589. The monoisotopic (exact) mass is 279 g/mol. The van der Waals surface area contributed by atoms with E-state index in [0.29, 0.717) is 10.7 Å². The fourth-order valence-electron chi connectivity index (χ4n) is 1.77. The number of imide groups is 2. The summed E-state index contributed by atoms with van der Waals surface area (Å²) in [6.07, 6.45) is 1.47. The van der Waals surface area contributed by atoms with Crippen molar-refractivity contribution in [2.24, 2.45) is 0 Å². The molecule has 1 fully saturated rings. The summed E-state index contributed by atoms with van der Waals surface area (Å²) in [5, 5.41) is 2.49. The van der Waals surface area contributed by atoms with Gasteiger partial charge in [0.15, 0.2) is 0 Å². The first kappa shape index (κ1) is 13.8. The molecule has 1 aromatic heterocycles. The summed E-state index contributed by atoms with van der Waals surface area (Å²) in [5.74, 6) is -1.89. The Morgan fingerprint density at radius 3 is 2.50 bits per heavy atom. The van der Waals surface area contributed by atoms with Crippen LogP contribution in [-0.2, 0) is 20.9 Å². The molecule has 0 aliphatic carbocycles. The number of amides is 5. The van der Waals surface area contributed by atoms with Crippen LogP contribution < -0.4 is 5.32 Å².